The quantitative estimate of drug-likeness (QED) is 0.675. The molecule has 0 saturated heterocycles. The molecule has 0 saturated carbocycles. The molecule has 2 aromatic rings. The van der Waals surface area contributed by atoms with Crippen molar-refractivity contribution in [1.29, 1.82) is 0 Å². The standard InChI is InChI=1S/C14H17N3O2S/c1-9(2)16-17-14-15-12(8-20-14)11-6-5-10(18-3)7-13(11)19-4/h5-8H,1-4H3,(H,15,17). The van der Waals surface area contributed by atoms with Crippen LogP contribution in [0.1, 0.15) is 13.8 Å². The van der Waals surface area contributed by atoms with Crippen LogP contribution < -0.4 is 14.9 Å². The third-order valence-corrected chi connectivity index (χ3v) is 3.31. The van der Waals surface area contributed by atoms with E-state index >= 15 is 0 Å². The van der Waals surface area contributed by atoms with Gasteiger partial charge in [0.15, 0.2) is 0 Å². The van der Waals surface area contributed by atoms with Gasteiger partial charge in [0.25, 0.3) is 0 Å². The van der Waals surface area contributed by atoms with E-state index in [1.807, 2.05) is 37.4 Å². The van der Waals surface area contributed by atoms with Gasteiger partial charge >= 0.3 is 0 Å². The number of methoxy groups -OCH3 is 2. The number of anilines is 1. The topological polar surface area (TPSA) is 55.7 Å². The van der Waals surface area contributed by atoms with Crippen LogP contribution in [0.2, 0.25) is 0 Å². The summed E-state index contributed by atoms with van der Waals surface area (Å²) in [4.78, 5) is 4.50. The van der Waals surface area contributed by atoms with E-state index in [2.05, 4.69) is 15.5 Å². The van der Waals surface area contributed by atoms with Crippen LogP contribution in [0, 0.1) is 0 Å². The Kier molecular flexibility index (Phi) is 4.57. The molecule has 0 bridgehead atoms. The van der Waals surface area contributed by atoms with Gasteiger partial charge in [-0.3, -0.25) is 5.43 Å². The van der Waals surface area contributed by atoms with E-state index in [-0.39, 0.29) is 0 Å². The van der Waals surface area contributed by atoms with E-state index in [9.17, 15) is 0 Å². The highest BCUT2D eigenvalue weighted by atomic mass is 32.1. The summed E-state index contributed by atoms with van der Waals surface area (Å²) >= 11 is 1.50. The van der Waals surface area contributed by atoms with Crippen LogP contribution in [0.3, 0.4) is 0 Å². The molecule has 0 aliphatic rings. The first-order chi connectivity index (χ1) is 9.63. The Morgan fingerprint density at radius 2 is 2.05 bits per heavy atom. The fourth-order valence-corrected chi connectivity index (χ4v) is 2.27. The van der Waals surface area contributed by atoms with Crippen molar-refractivity contribution in [2.24, 2.45) is 5.10 Å². The van der Waals surface area contributed by atoms with Gasteiger partial charge in [0, 0.05) is 22.7 Å². The van der Waals surface area contributed by atoms with Crippen LogP contribution in [-0.4, -0.2) is 24.9 Å². The molecule has 5 nitrogen and oxygen atoms in total. The number of aromatic nitrogens is 1. The molecule has 1 aromatic heterocycles. The summed E-state index contributed by atoms with van der Waals surface area (Å²) in [5.41, 5.74) is 5.65. The lowest BCUT2D eigenvalue weighted by Gasteiger charge is -2.08. The van der Waals surface area contributed by atoms with Crippen LogP contribution in [0.5, 0.6) is 11.5 Å². The van der Waals surface area contributed by atoms with Crippen molar-refractivity contribution >= 4 is 22.2 Å². The molecule has 6 heteroatoms. The predicted molar refractivity (Wildman–Crippen MR) is 83.1 cm³/mol. The molecule has 0 aliphatic carbocycles. The van der Waals surface area contributed by atoms with E-state index in [0.717, 1.165) is 33.6 Å². The summed E-state index contributed by atoms with van der Waals surface area (Å²) < 4.78 is 10.6. The van der Waals surface area contributed by atoms with Crippen molar-refractivity contribution < 1.29 is 9.47 Å². The summed E-state index contributed by atoms with van der Waals surface area (Å²) in [6.07, 6.45) is 0. The number of thiazole rings is 1. The third-order valence-electron chi connectivity index (χ3n) is 2.56. The highest BCUT2D eigenvalue weighted by Gasteiger charge is 2.11. The molecule has 0 fully saturated rings. The van der Waals surface area contributed by atoms with Crippen molar-refractivity contribution in [2.75, 3.05) is 19.6 Å². The fourth-order valence-electron chi connectivity index (χ4n) is 1.62. The molecule has 0 aliphatic heterocycles. The first kappa shape index (κ1) is 14.3. The minimum absolute atomic E-state index is 0.733. The summed E-state index contributed by atoms with van der Waals surface area (Å²) in [5.74, 6) is 1.49. The first-order valence-electron chi connectivity index (χ1n) is 6.09. The number of hydrogen-bond acceptors (Lipinski definition) is 6. The summed E-state index contributed by atoms with van der Waals surface area (Å²) in [6, 6.07) is 5.67. The average Bonchev–Trinajstić information content (AvgIpc) is 2.93. The van der Waals surface area contributed by atoms with Gasteiger partial charge in [-0.15, -0.1) is 11.3 Å². The van der Waals surface area contributed by atoms with Gasteiger partial charge in [-0.1, -0.05) is 0 Å². The maximum Gasteiger partial charge on any atom is 0.203 e. The van der Waals surface area contributed by atoms with E-state index in [1.54, 1.807) is 14.2 Å². The predicted octanol–water partition coefficient (Wildman–Crippen LogP) is 3.64. The molecular weight excluding hydrogens is 274 g/mol. The van der Waals surface area contributed by atoms with E-state index in [1.165, 1.54) is 11.3 Å². The average molecular weight is 291 g/mol. The number of ether oxygens (including phenoxy) is 2. The Balaban J connectivity index is 2.29. The monoisotopic (exact) mass is 291 g/mol. The summed E-state index contributed by atoms with van der Waals surface area (Å²) in [5, 5.41) is 6.85. The van der Waals surface area contributed by atoms with Gasteiger partial charge in [-0.2, -0.15) is 5.10 Å². The molecular formula is C14H17N3O2S. The summed E-state index contributed by atoms with van der Waals surface area (Å²) in [7, 11) is 3.26. The highest BCUT2D eigenvalue weighted by molar-refractivity contribution is 7.14. The number of hydrogen-bond donors (Lipinski definition) is 1. The minimum Gasteiger partial charge on any atom is -0.497 e. The molecule has 0 radical (unpaired) electrons. The Labute approximate surface area is 122 Å². The lowest BCUT2D eigenvalue weighted by atomic mass is 10.1. The second-order valence-corrected chi connectivity index (χ2v) is 5.13. The van der Waals surface area contributed by atoms with Crippen molar-refractivity contribution in [3.8, 4) is 22.8 Å². The second-order valence-electron chi connectivity index (χ2n) is 4.27. The normalized spacial score (nSPS) is 10.0. The minimum atomic E-state index is 0.733. The number of nitrogens with one attached hydrogen (secondary N) is 1. The highest BCUT2D eigenvalue weighted by Crippen LogP contribution is 2.34. The molecule has 20 heavy (non-hydrogen) atoms. The van der Waals surface area contributed by atoms with E-state index in [4.69, 9.17) is 9.47 Å². The number of nitrogens with zero attached hydrogens (tertiary/aromatic N) is 2. The van der Waals surface area contributed by atoms with Gasteiger partial charge in [-0.05, 0) is 26.0 Å². The number of rotatable bonds is 5. The Morgan fingerprint density at radius 3 is 2.70 bits per heavy atom. The molecule has 0 spiro atoms. The lowest BCUT2D eigenvalue weighted by Crippen LogP contribution is -1.93. The van der Waals surface area contributed by atoms with Crippen LogP contribution in [0.15, 0.2) is 28.7 Å². The largest absolute Gasteiger partial charge is 0.497 e. The van der Waals surface area contributed by atoms with Gasteiger partial charge in [-0.25, -0.2) is 4.98 Å². The van der Waals surface area contributed by atoms with Crippen molar-refractivity contribution in [3.05, 3.63) is 23.6 Å². The number of benzene rings is 1. The lowest BCUT2D eigenvalue weighted by molar-refractivity contribution is 0.395. The van der Waals surface area contributed by atoms with Crippen LogP contribution in [0.4, 0.5) is 5.13 Å². The molecule has 0 amide bonds. The molecule has 106 valence electrons. The molecule has 0 unspecified atom stereocenters. The zero-order valence-electron chi connectivity index (χ0n) is 11.9. The van der Waals surface area contributed by atoms with Gasteiger partial charge < -0.3 is 9.47 Å². The van der Waals surface area contributed by atoms with Crippen molar-refractivity contribution in [1.82, 2.24) is 4.98 Å². The fraction of sp³-hybridized carbons (Fsp3) is 0.286. The first-order valence-corrected chi connectivity index (χ1v) is 6.97. The van der Waals surface area contributed by atoms with E-state index in [0.29, 0.717) is 0 Å². The van der Waals surface area contributed by atoms with Crippen LogP contribution in [0.25, 0.3) is 11.3 Å². The van der Waals surface area contributed by atoms with E-state index < -0.39 is 0 Å². The maximum absolute atomic E-state index is 5.39. The smallest absolute Gasteiger partial charge is 0.203 e. The third kappa shape index (κ3) is 3.27. The van der Waals surface area contributed by atoms with Gasteiger partial charge in [0.1, 0.15) is 11.5 Å². The molecule has 1 N–H and O–H groups in total. The summed E-state index contributed by atoms with van der Waals surface area (Å²) in [6.45, 7) is 3.85. The second kappa shape index (κ2) is 6.38. The SMILES string of the molecule is COc1ccc(-c2csc(NN=C(C)C)n2)c(OC)c1. The van der Waals surface area contributed by atoms with Gasteiger partial charge in [0.05, 0.1) is 19.9 Å². The Morgan fingerprint density at radius 1 is 1.25 bits per heavy atom. The van der Waals surface area contributed by atoms with Crippen molar-refractivity contribution in [2.45, 2.75) is 13.8 Å². The van der Waals surface area contributed by atoms with Crippen LogP contribution in [-0.2, 0) is 0 Å². The number of hydrazone groups is 1. The molecule has 0 atom stereocenters. The Bertz CT molecular complexity index is 619. The molecule has 1 aromatic carbocycles. The Hall–Kier alpha value is -2.08. The van der Waals surface area contributed by atoms with Gasteiger partial charge in [0.2, 0.25) is 5.13 Å². The van der Waals surface area contributed by atoms with Crippen molar-refractivity contribution in [3.63, 3.8) is 0 Å². The zero-order valence-corrected chi connectivity index (χ0v) is 12.7. The maximum atomic E-state index is 5.39. The molecule has 2 rings (SSSR count). The van der Waals surface area contributed by atoms with Crippen LogP contribution >= 0.6 is 11.3 Å². The zero-order chi connectivity index (χ0) is 14.5. The molecule has 1 heterocycles.